The summed E-state index contributed by atoms with van der Waals surface area (Å²) in [6, 6.07) is 18.2. The van der Waals surface area contributed by atoms with E-state index in [0.717, 1.165) is 52.1 Å². The Morgan fingerprint density at radius 2 is 1.86 bits per heavy atom. The maximum Gasteiger partial charge on any atom is 0.285 e. The molecule has 0 radical (unpaired) electrons. The number of hydrogen-bond acceptors (Lipinski definition) is 9. The maximum atomic E-state index is 13.3. The summed E-state index contributed by atoms with van der Waals surface area (Å²) in [4.78, 5) is 32.7. The minimum atomic E-state index is -3.84. The van der Waals surface area contributed by atoms with Gasteiger partial charge in [-0.3, -0.25) is 9.59 Å². The van der Waals surface area contributed by atoms with Crippen LogP contribution in [0.2, 0.25) is 0 Å². The fourth-order valence-electron chi connectivity index (χ4n) is 4.94. The van der Waals surface area contributed by atoms with Crippen LogP contribution in [0, 0.1) is 13.8 Å². The second kappa shape index (κ2) is 13.6. The van der Waals surface area contributed by atoms with Crippen LogP contribution in [0.25, 0.3) is 10.4 Å². The van der Waals surface area contributed by atoms with Gasteiger partial charge in [0.2, 0.25) is 5.91 Å². The Balaban J connectivity index is 1.24. The number of hydroxylamine groups is 1. The molecule has 1 N–H and O–H groups in total. The lowest BCUT2D eigenvalue weighted by Gasteiger charge is -2.31. The molecule has 0 aliphatic carbocycles. The molecule has 5 rings (SSSR count). The van der Waals surface area contributed by atoms with E-state index in [0.29, 0.717) is 36.9 Å². The second-order valence-corrected chi connectivity index (χ2v) is 13.0. The summed E-state index contributed by atoms with van der Waals surface area (Å²) in [5.41, 5.74) is 7.35. The van der Waals surface area contributed by atoms with Gasteiger partial charge in [0.1, 0.15) is 11.5 Å². The van der Waals surface area contributed by atoms with Crippen molar-refractivity contribution in [1.29, 1.82) is 0 Å². The zero-order valence-electron chi connectivity index (χ0n) is 24.7. The van der Waals surface area contributed by atoms with Gasteiger partial charge in [0.05, 0.1) is 17.7 Å². The van der Waals surface area contributed by atoms with Crippen LogP contribution in [0.15, 0.2) is 66.9 Å². The zero-order chi connectivity index (χ0) is 31.3. The standard InChI is InChI=1S/C32H33N3O7S2/c1-21-9-4-15-28(22(21)2)40-18-8-16-30(36)35-17-7-13-25-26(12-6-14-27(25)35)29-20-33-32(43-29)41-24-11-5-10-23(19-24)31(37)34-42-44(3,38)39/h4-6,9-12,14-15,19-20H,7-8,13,16-18H2,1-3H3,(H,34,37). The van der Waals surface area contributed by atoms with Gasteiger partial charge in [0.15, 0.2) is 0 Å². The molecule has 1 aliphatic heterocycles. The highest BCUT2D eigenvalue weighted by atomic mass is 32.2. The molecule has 4 aromatic rings. The molecule has 12 heteroatoms. The van der Waals surface area contributed by atoms with Crippen molar-refractivity contribution in [3.8, 4) is 27.1 Å². The van der Waals surface area contributed by atoms with Crippen LogP contribution in [0.3, 0.4) is 0 Å². The zero-order valence-corrected chi connectivity index (χ0v) is 26.3. The van der Waals surface area contributed by atoms with Crippen molar-refractivity contribution in [3.05, 3.63) is 89.1 Å². The third-order valence-electron chi connectivity index (χ3n) is 7.24. The van der Waals surface area contributed by atoms with E-state index in [4.69, 9.17) is 9.47 Å². The van der Waals surface area contributed by atoms with Gasteiger partial charge in [-0.05, 0) is 85.7 Å². The van der Waals surface area contributed by atoms with Gasteiger partial charge in [0, 0.05) is 30.4 Å². The topological polar surface area (TPSA) is 124 Å². The van der Waals surface area contributed by atoms with Crippen molar-refractivity contribution in [3.63, 3.8) is 0 Å². The smallest absolute Gasteiger partial charge is 0.285 e. The van der Waals surface area contributed by atoms with Crippen molar-refractivity contribution < 1.29 is 31.8 Å². The second-order valence-electron chi connectivity index (χ2n) is 10.4. The fraction of sp³-hybridized carbons (Fsp3) is 0.281. The predicted molar refractivity (Wildman–Crippen MR) is 169 cm³/mol. The van der Waals surface area contributed by atoms with E-state index in [1.165, 1.54) is 29.0 Å². The van der Waals surface area contributed by atoms with Gasteiger partial charge in [0.25, 0.3) is 21.2 Å². The summed E-state index contributed by atoms with van der Waals surface area (Å²) in [5, 5.41) is 0.370. The summed E-state index contributed by atoms with van der Waals surface area (Å²) in [6.07, 6.45) is 5.28. The van der Waals surface area contributed by atoms with Gasteiger partial charge < -0.3 is 14.4 Å². The fourth-order valence-corrected chi connectivity index (χ4v) is 6.00. The molecule has 0 saturated carbocycles. The lowest BCUT2D eigenvalue weighted by molar-refractivity contribution is -0.118. The number of amides is 2. The Morgan fingerprint density at radius 1 is 1.07 bits per heavy atom. The van der Waals surface area contributed by atoms with Gasteiger partial charge in [-0.25, -0.2) is 10.5 Å². The van der Waals surface area contributed by atoms with E-state index < -0.39 is 16.0 Å². The number of ether oxygens (including phenoxy) is 2. The first-order valence-corrected chi connectivity index (χ1v) is 16.8. The molecular formula is C32H33N3O7S2. The number of carbonyl (C=O) groups is 2. The van der Waals surface area contributed by atoms with Gasteiger partial charge in [-0.15, -0.1) is 4.28 Å². The SMILES string of the molecule is Cc1cccc(OCCCC(=O)N2CCCc3c(-c4cnc(Oc5cccc(C(=O)NOS(C)(=O)=O)c5)s4)cccc32)c1C. The highest BCUT2D eigenvalue weighted by molar-refractivity contribution is 7.85. The number of carbonyl (C=O) groups excluding carboxylic acids is 2. The monoisotopic (exact) mass is 635 g/mol. The van der Waals surface area contributed by atoms with Crippen LogP contribution in [-0.4, -0.2) is 44.6 Å². The first kappa shape index (κ1) is 31.2. The summed E-state index contributed by atoms with van der Waals surface area (Å²) in [5.74, 6) is 0.554. The Labute approximate surface area is 260 Å². The Kier molecular flexibility index (Phi) is 9.62. The van der Waals surface area contributed by atoms with Crippen LogP contribution in [0.5, 0.6) is 16.7 Å². The maximum absolute atomic E-state index is 13.3. The van der Waals surface area contributed by atoms with E-state index in [2.05, 4.69) is 22.3 Å². The van der Waals surface area contributed by atoms with Crippen LogP contribution in [0.4, 0.5) is 5.69 Å². The first-order chi connectivity index (χ1) is 21.1. The molecule has 0 atom stereocenters. The molecule has 0 bridgehead atoms. The predicted octanol–water partition coefficient (Wildman–Crippen LogP) is 5.98. The third kappa shape index (κ3) is 7.62. The molecular weight excluding hydrogens is 603 g/mol. The molecule has 44 heavy (non-hydrogen) atoms. The first-order valence-electron chi connectivity index (χ1n) is 14.1. The van der Waals surface area contributed by atoms with E-state index in [1.807, 2.05) is 47.6 Å². The highest BCUT2D eigenvalue weighted by Crippen LogP contribution is 2.40. The van der Waals surface area contributed by atoms with E-state index >= 15 is 0 Å². The van der Waals surface area contributed by atoms with E-state index in [1.54, 1.807) is 18.3 Å². The lowest BCUT2D eigenvalue weighted by atomic mass is 9.95. The molecule has 230 valence electrons. The molecule has 2 heterocycles. The molecule has 0 fully saturated rings. The number of rotatable bonds is 11. The molecule has 0 saturated heterocycles. The molecule has 10 nitrogen and oxygen atoms in total. The largest absolute Gasteiger partial charge is 0.493 e. The van der Waals surface area contributed by atoms with Crippen molar-refractivity contribution in [2.45, 2.75) is 39.5 Å². The Hall–Kier alpha value is -4.26. The van der Waals surface area contributed by atoms with Crippen molar-refractivity contribution >= 4 is 39.0 Å². The number of nitrogens with zero attached hydrogens (tertiary/aromatic N) is 2. The number of fused-ring (bicyclic) bond motifs is 1. The number of hydrogen-bond donors (Lipinski definition) is 1. The van der Waals surface area contributed by atoms with Gasteiger partial charge >= 0.3 is 0 Å². The average Bonchev–Trinajstić information content (AvgIpc) is 3.47. The van der Waals surface area contributed by atoms with Crippen molar-refractivity contribution in [1.82, 2.24) is 10.5 Å². The van der Waals surface area contributed by atoms with Crippen LogP contribution >= 0.6 is 11.3 Å². The summed E-state index contributed by atoms with van der Waals surface area (Å²) < 4.78 is 38.5. The van der Waals surface area contributed by atoms with Crippen LogP contribution < -0.4 is 19.9 Å². The van der Waals surface area contributed by atoms with Crippen molar-refractivity contribution in [2.75, 3.05) is 24.3 Å². The van der Waals surface area contributed by atoms with Crippen molar-refractivity contribution in [2.24, 2.45) is 0 Å². The molecule has 0 spiro atoms. The van der Waals surface area contributed by atoms with Gasteiger partial charge in [-0.1, -0.05) is 41.7 Å². The number of aromatic nitrogens is 1. The highest BCUT2D eigenvalue weighted by Gasteiger charge is 2.25. The molecule has 2 amide bonds. The average molecular weight is 636 g/mol. The van der Waals surface area contributed by atoms with Gasteiger partial charge in [-0.2, -0.15) is 8.42 Å². The normalized spacial score (nSPS) is 12.8. The number of aryl methyl sites for hydroxylation is 1. The molecule has 3 aromatic carbocycles. The minimum Gasteiger partial charge on any atom is -0.493 e. The molecule has 1 aromatic heterocycles. The molecule has 0 unspecified atom stereocenters. The number of benzene rings is 3. The number of thiazole rings is 1. The van der Waals surface area contributed by atoms with E-state index in [-0.39, 0.29) is 11.5 Å². The van der Waals surface area contributed by atoms with E-state index in [9.17, 15) is 18.0 Å². The summed E-state index contributed by atoms with van der Waals surface area (Å²) >= 11 is 1.35. The lowest BCUT2D eigenvalue weighted by Crippen LogP contribution is -2.35. The number of anilines is 1. The summed E-state index contributed by atoms with van der Waals surface area (Å²) in [6.45, 7) is 5.24. The Bertz CT molecular complexity index is 1790. The van der Waals surface area contributed by atoms with Crippen LogP contribution in [0.1, 0.15) is 46.3 Å². The van der Waals surface area contributed by atoms with Crippen LogP contribution in [-0.2, 0) is 25.6 Å². The number of nitrogens with one attached hydrogen (secondary N) is 1. The minimum absolute atomic E-state index is 0.0758. The summed E-state index contributed by atoms with van der Waals surface area (Å²) in [7, 11) is -3.84. The third-order valence-corrected chi connectivity index (χ3v) is 8.53. The quantitative estimate of drug-likeness (QED) is 0.158. The Morgan fingerprint density at radius 3 is 2.68 bits per heavy atom. The molecule has 1 aliphatic rings.